The first kappa shape index (κ1) is 26.5. The van der Waals surface area contributed by atoms with Gasteiger partial charge in [-0.1, -0.05) is 12.1 Å². The monoisotopic (exact) mass is 902 g/mol. The molecule has 0 amide bonds. The Balaban J connectivity index is 1.75. The summed E-state index contributed by atoms with van der Waals surface area (Å²) in [5.41, 5.74) is 0. The van der Waals surface area contributed by atoms with E-state index >= 15 is 0 Å². The molecule has 13 heteroatoms. The van der Waals surface area contributed by atoms with Crippen LogP contribution in [-0.2, 0) is 0 Å². The summed E-state index contributed by atoms with van der Waals surface area (Å²) in [4.78, 5) is 12.9. The Bertz CT molecular complexity index is 1320. The Morgan fingerprint density at radius 3 is 1.24 bits per heavy atom. The van der Waals surface area contributed by atoms with Crippen molar-refractivity contribution in [3.63, 3.8) is 0 Å². The summed E-state index contributed by atoms with van der Waals surface area (Å²) in [5, 5.41) is 0. The van der Waals surface area contributed by atoms with E-state index in [1.54, 1.807) is 18.2 Å². The van der Waals surface area contributed by atoms with Crippen molar-refractivity contribution in [1.82, 2.24) is 15.0 Å². The zero-order chi connectivity index (χ0) is 24.4. The summed E-state index contributed by atoms with van der Waals surface area (Å²) >= 11 is 24.4. The van der Waals surface area contributed by atoms with Crippen molar-refractivity contribution >= 4 is 112 Å². The van der Waals surface area contributed by atoms with Crippen molar-refractivity contribution in [3.05, 3.63) is 79.8 Å². The Morgan fingerprint density at radius 1 is 0.412 bits per heavy atom. The van der Waals surface area contributed by atoms with Crippen LogP contribution >= 0.6 is 112 Å². The largest absolute Gasteiger partial charge is 0.423 e. The average molecular weight is 910 g/mol. The summed E-state index contributed by atoms with van der Waals surface area (Å²) in [6, 6.07) is 14.5. The van der Waals surface area contributed by atoms with E-state index < -0.39 is 0 Å². The van der Waals surface area contributed by atoms with Gasteiger partial charge in [0.25, 0.3) is 0 Å². The Labute approximate surface area is 253 Å². The quantitative estimate of drug-likeness (QED) is 0.180. The van der Waals surface area contributed by atoms with Crippen LogP contribution in [0.5, 0.6) is 35.3 Å². The number of benzene rings is 3. The molecule has 1 heterocycles. The lowest BCUT2D eigenvalue weighted by atomic mass is 10.3. The smallest absolute Gasteiger partial charge is 0.331 e. The molecule has 0 saturated heterocycles. The van der Waals surface area contributed by atoms with Crippen LogP contribution in [0, 0.1) is 0 Å². The number of ether oxygens (including phenoxy) is 3. The van der Waals surface area contributed by atoms with E-state index in [9.17, 15) is 0 Å². The van der Waals surface area contributed by atoms with Gasteiger partial charge in [0.1, 0.15) is 17.2 Å². The fourth-order valence-corrected chi connectivity index (χ4v) is 5.20. The van der Waals surface area contributed by atoms with Crippen molar-refractivity contribution in [3.8, 4) is 35.3 Å². The minimum Gasteiger partial charge on any atom is -0.423 e. The molecule has 0 aliphatic rings. The maximum absolute atomic E-state index is 5.95. The van der Waals surface area contributed by atoms with Gasteiger partial charge in [0.2, 0.25) is 0 Å². The normalized spacial score (nSPS) is 10.8. The number of halogens is 7. The van der Waals surface area contributed by atoms with Gasteiger partial charge in [-0.05, 0) is 148 Å². The maximum atomic E-state index is 5.95. The fourth-order valence-electron chi connectivity index (χ4n) is 2.47. The molecule has 174 valence electrons. The molecule has 0 saturated carbocycles. The molecule has 4 aromatic rings. The molecule has 3 aromatic carbocycles. The molecule has 1 aromatic heterocycles. The highest BCUT2D eigenvalue weighted by atomic mass is 79.9. The molecule has 4 rings (SSSR count). The highest BCUT2D eigenvalue weighted by Gasteiger charge is 2.18. The van der Waals surface area contributed by atoms with Gasteiger partial charge < -0.3 is 14.2 Å². The lowest BCUT2D eigenvalue weighted by Gasteiger charge is -2.12. The molecule has 0 spiro atoms. The standard InChI is InChI=1S/C21H8Br7N3O3/c22-9-3-1-5-12(15(9)25)32-19-29-20(33-13-6-2-4-10(23)16(13)26)31-21(30-19)34-14-8-7-11(24)17(27)18(14)28/h1-8H. The maximum Gasteiger partial charge on any atom is 0.331 e. The van der Waals surface area contributed by atoms with E-state index in [2.05, 4.69) is 126 Å². The van der Waals surface area contributed by atoms with Crippen molar-refractivity contribution in [1.29, 1.82) is 0 Å². The van der Waals surface area contributed by atoms with Crippen LogP contribution in [0.4, 0.5) is 0 Å². The Morgan fingerprint density at radius 2 is 0.794 bits per heavy atom. The topological polar surface area (TPSA) is 66.4 Å². The zero-order valence-corrected chi connectivity index (χ0v) is 27.4. The highest BCUT2D eigenvalue weighted by Crippen LogP contribution is 2.41. The lowest BCUT2D eigenvalue weighted by molar-refractivity contribution is 0.360. The summed E-state index contributed by atoms with van der Waals surface area (Å²) in [6.07, 6.45) is 0. The van der Waals surface area contributed by atoms with Crippen molar-refractivity contribution < 1.29 is 14.2 Å². The average Bonchev–Trinajstić information content (AvgIpc) is 2.80. The second-order valence-corrected chi connectivity index (χ2v) is 12.0. The fraction of sp³-hybridized carbons (Fsp3) is 0. The molecular weight excluding hydrogens is 902 g/mol. The minimum absolute atomic E-state index is 0.0165. The number of rotatable bonds is 6. The summed E-state index contributed by atoms with van der Waals surface area (Å²) in [7, 11) is 0. The van der Waals surface area contributed by atoms with E-state index in [-0.39, 0.29) is 18.0 Å². The lowest BCUT2D eigenvalue weighted by Crippen LogP contribution is -2.02. The molecule has 0 aliphatic heterocycles. The number of hydrogen-bond acceptors (Lipinski definition) is 6. The van der Waals surface area contributed by atoms with E-state index in [1.807, 2.05) is 30.3 Å². The third-order valence-electron chi connectivity index (χ3n) is 4.01. The third kappa shape index (κ3) is 6.22. The van der Waals surface area contributed by atoms with E-state index in [0.717, 1.165) is 17.9 Å². The van der Waals surface area contributed by atoms with Crippen LogP contribution in [0.2, 0.25) is 0 Å². The number of aromatic nitrogens is 3. The molecule has 0 N–H and O–H groups in total. The van der Waals surface area contributed by atoms with Crippen LogP contribution in [0.15, 0.2) is 79.8 Å². The summed E-state index contributed by atoms with van der Waals surface area (Å²) in [5.74, 6) is 1.47. The zero-order valence-electron chi connectivity index (χ0n) is 16.3. The molecule has 0 fully saturated rings. The highest BCUT2D eigenvalue weighted by molar-refractivity contribution is 9.14. The van der Waals surface area contributed by atoms with E-state index in [1.165, 1.54) is 0 Å². The van der Waals surface area contributed by atoms with Gasteiger partial charge >= 0.3 is 18.0 Å². The van der Waals surface area contributed by atoms with Crippen molar-refractivity contribution in [2.24, 2.45) is 0 Å². The van der Waals surface area contributed by atoms with Gasteiger partial charge in [-0.3, -0.25) is 0 Å². The van der Waals surface area contributed by atoms with Crippen molar-refractivity contribution in [2.45, 2.75) is 0 Å². The number of hydrogen-bond donors (Lipinski definition) is 0. The van der Waals surface area contributed by atoms with E-state index in [0.29, 0.717) is 30.7 Å². The second kappa shape index (κ2) is 11.7. The molecule has 0 atom stereocenters. The minimum atomic E-state index is -0.0211. The summed E-state index contributed by atoms with van der Waals surface area (Å²) < 4.78 is 23.1. The van der Waals surface area contributed by atoms with Crippen LogP contribution < -0.4 is 14.2 Å². The van der Waals surface area contributed by atoms with Crippen LogP contribution in [0.25, 0.3) is 0 Å². The SMILES string of the molecule is Brc1cccc(Oc2nc(Oc3cccc(Br)c3Br)nc(Oc3ccc(Br)c(Br)c3Br)n2)c1Br. The van der Waals surface area contributed by atoms with Gasteiger partial charge in [0.05, 0.1) is 13.4 Å². The van der Waals surface area contributed by atoms with Gasteiger partial charge in [-0.2, -0.15) is 0 Å². The molecule has 0 bridgehead atoms. The first-order valence-electron chi connectivity index (χ1n) is 9.04. The second-order valence-electron chi connectivity index (χ2n) is 6.27. The Hall–Kier alpha value is -0.570. The Kier molecular flexibility index (Phi) is 9.08. The van der Waals surface area contributed by atoms with Crippen LogP contribution in [0.1, 0.15) is 0 Å². The first-order valence-corrected chi connectivity index (χ1v) is 14.6. The summed E-state index contributed by atoms with van der Waals surface area (Å²) in [6.45, 7) is 0. The number of nitrogens with zero attached hydrogens (tertiary/aromatic N) is 3. The predicted molar refractivity (Wildman–Crippen MR) is 153 cm³/mol. The molecule has 0 aliphatic carbocycles. The predicted octanol–water partition coefficient (Wildman–Crippen LogP) is 10.6. The van der Waals surface area contributed by atoms with Crippen LogP contribution in [0.3, 0.4) is 0 Å². The molecular formula is C21H8Br7N3O3. The molecule has 6 nitrogen and oxygen atoms in total. The van der Waals surface area contributed by atoms with Gasteiger partial charge in [-0.25, -0.2) is 0 Å². The molecule has 34 heavy (non-hydrogen) atoms. The van der Waals surface area contributed by atoms with E-state index in [4.69, 9.17) is 14.2 Å². The van der Waals surface area contributed by atoms with Gasteiger partial charge in [-0.15, -0.1) is 15.0 Å². The third-order valence-corrected chi connectivity index (χ3v) is 11.4. The van der Waals surface area contributed by atoms with Gasteiger partial charge in [0, 0.05) is 17.9 Å². The molecule has 0 unspecified atom stereocenters. The molecule has 0 radical (unpaired) electrons. The van der Waals surface area contributed by atoms with Crippen molar-refractivity contribution in [2.75, 3.05) is 0 Å². The van der Waals surface area contributed by atoms with Crippen LogP contribution in [-0.4, -0.2) is 15.0 Å². The first-order chi connectivity index (χ1) is 16.2. The van der Waals surface area contributed by atoms with Gasteiger partial charge in [0.15, 0.2) is 0 Å².